The summed E-state index contributed by atoms with van der Waals surface area (Å²) in [5, 5.41) is 0.460. The first-order valence-corrected chi connectivity index (χ1v) is 12.6. The first-order valence-electron chi connectivity index (χ1n) is 11.2. The van der Waals surface area contributed by atoms with Gasteiger partial charge in [-0.3, -0.25) is 9.59 Å². The van der Waals surface area contributed by atoms with E-state index in [1.807, 2.05) is 13.8 Å². The van der Waals surface area contributed by atoms with Crippen molar-refractivity contribution in [3.63, 3.8) is 0 Å². The molecule has 0 radical (unpaired) electrons. The van der Waals surface area contributed by atoms with E-state index in [1.165, 1.54) is 19.1 Å². The fourth-order valence-corrected chi connectivity index (χ4v) is 6.44. The highest BCUT2D eigenvalue weighted by atomic mass is 32.2. The number of sulfonamides is 1. The molecule has 0 N–H and O–H groups in total. The monoisotopic (exact) mass is 489 g/mol. The number of fused-ring (bicyclic) bond motifs is 1. The molecule has 3 aromatic carbocycles. The smallest absolute Gasteiger partial charge is 0.272 e. The van der Waals surface area contributed by atoms with Crippen LogP contribution in [0.25, 0.3) is 11.0 Å². The summed E-state index contributed by atoms with van der Waals surface area (Å²) in [7, 11) is -4.32. The normalized spacial score (nSPS) is 11.6. The molecule has 0 aliphatic heterocycles. The number of aryl methyl sites for hydroxylation is 5. The second-order valence-corrected chi connectivity index (χ2v) is 10.7. The Bertz CT molecular complexity index is 1570. The van der Waals surface area contributed by atoms with Crippen molar-refractivity contribution in [1.29, 1.82) is 0 Å². The van der Waals surface area contributed by atoms with Gasteiger partial charge in [-0.2, -0.15) is 4.31 Å². The topological polar surface area (TPSA) is 84.7 Å². The van der Waals surface area contributed by atoms with Crippen molar-refractivity contribution in [3.05, 3.63) is 93.7 Å². The summed E-state index contributed by atoms with van der Waals surface area (Å²) >= 11 is 0. The van der Waals surface area contributed by atoms with Crippen LogP contribution in [0.4, 0.5) is 5.69 Å². The van der Waals surface area contributed by atoms with Crippen LogP contribution in [0.15, 0.2) is 63.9 Å². The Kier molecular flexibility index (Phi) is 6.15. The molecule has 4 aromatic rings. The zero-order valence-electron chi connectivity index (χ0n) is 20.6. The molecular weight excluding hydrogens is 462 g/mol. The van der Waals surface area contributed by atoms with Crippen LogP contribution in [-0.4, -0.2) is 20.1 Å². The number of ketones is 1. The highest BCUT2D eigenvalue weighted by Crippen LogP contribution is 2.35. The Morgan fingerprint density at radius 2 is 1.40 bits per heavy atom. The molecular formula is C28H27NO5S. The lowest BCUT2D eigenvalue weighted by Crippen LogP contribution is -2.37. The van der Waals surface area contributed by atoms with E-state index >= 15 is 0 Å². The van der Waals surface area contributed by atoms with Crippen LogP contribution in [0.2, 0.25) is 0 Å². The van der Waals surface area contributed by atoms with Crippen LogP contribution >= 0.6 is 0 Å². The van der Waals surface area contributed by atoms with Crippen LogP contribution < -0.4 is 4.31 Å². The number of anilines is 1. The van der Waals surface area contributed by atoms with E-state index in [9.17, 15) is 18.0 Å². The lowest BCUT2D eigenvalue weighted by atomic mass is 10.1. The number of amides is 1. The van der Waals surface area contributed by atoms with Crippen LogP contribution in [0.5, 0.6) is 0 Å². The highest BCUT2D eigenvalue weighted by molar-refractivity contribution is 7.93. The summed E-state index contributed by atoms with van der Waals surface area (Å²) in [5.41, 5.74) is 4.15. The van der Waals surface area contributed by atoms with Gasteiger partial charge in [0.1, 0.15) is 11.3 Å². The molecule has 35 heavy (non-hydrogen) atoms. The van der Waals surface area contributed by atoms with Crippen molar-refractivity contribution >= 4 is 38.4 Å². The third-order valence-corrected chi connectivity index (χ3v) is 8.04. The number of benzene rings is 3. The number of carbonyl (C=O) groups excluding carboxylic acids is 2. The van der Waals surface area contributed by atoms with E-state index in [-0.39, 0.29) is 21.9 Å². The van der Waals surface area contributed by atoms with Crippen molar-refractivity contribution in [2.75, 3.05) is 4.31 Å². The van der Waals surface area contributed by atoms with Crippen molar-refractivity contribution < 1.29 is 22.4 Å². The molecule has 0 saturated carbocycles. The average molecular weight is 490 g/mol. The van der Waals surface area contributed by atoms with Gasteiger partial charge in [-0.05, 0) is 83.0 Å². The molecule has 0 saturated heterocycles. The van der Waals surface area contributed by atoms with Gasteiger partial charge < -0.3 is 4.42 Å². The SMILES string of the molecule is CC(=O)c1c(C)oc2ccc(N(C(=O)c3ccc(C)cc3)S(=O)(=O)c3c(C)cc(C)cc3C)cc12. The van der Waals surface area contributed by atoms with Gasteiger partial charge in [0.05, 0.1) is 16.1 Å². The molecule has 4 rings (SSSR count). The highest BCUT2D eigenvalue weighted by Gasteiger charge is 2.35. The Morgan fingerprint density at radius 1 is 0.800 bits per heavy atom. The maximum absolute atomic E-state index is 14.1. The molecule has 6 nitrogen and oxygen atoms in total. The molecule has 0 aliphatic carbocycles. The lowest BCUT2D eigenvalue weighted by Gasteiger charge is -2.25. The van der Waals surface area contributed by atoms with Crippen LogP contribution in [0.1, 0.15) is 55.7 Å². The predicted octanol–water partition coefficient (Wildman–Crippen LogP) is 6.21. The molecule has 0 spiro atoms. The third kappa shape index (κ3) is 4.28. The number of Topliss-reactive ketones (excluding diaryl/α,β-unsaturated/α-hetero) is 1. The molecule has 1 amide bonds. The zero-order chi connectivity index (χ0) is 25.7. The number of rotatable bonds is 5. The van der Waals surface area contributed by atoms with E-state index in [0.717, 1.165) is 15.4 Å². The number of hydrogen-bond acceptors (Lipinski definition) is 5. The number of furan rings is 1. The molecule has 0 fully saturated rings. The largest absolute Gasteiger partial charge is 0.461 e. The summed E-state index contributed by atoms with van der Waals surface area (Å²) in [6.45, 7) is 10.3. The van der Waals surface area contributed by atoms with Crippen LogP contribution in [-0.2, 0) is 10.0 Å². The summed E-state index contributed by atoms with van der Waals surface area (Å²) in [6.07, 6.45) is 0. The summed E-state index contributed by atoms with van der Waals surface area (Å²) in [6, 6.07) is 14.9. The first kappa shape index (κ1) is 24.4. The molecule has 0 atom stereocenters. The molecule has 7 heteroatoms. The van der Waals surface area contributed by atoms with Crippen molar-refractivity contribution in [1.82, 2.24) is 0 Å². The molecule has 0 unspecified atom stereocenters. The second-order valence-electron chi connectivity index (χ2n) is 8.94. The van der Waals surface area contributed by atoms with Gasteiger partial charge in [0.15, 0.2) is 5.78 Å². The van der Waals surface area contributed by atoms with Crippen molar-refractivity contribution in [2.24, 2.45) is 0 Å². The predicted molar refractivity (Wildman–Crippen MR) is 137 cm³/mol. The van der Waals surface area contributed by atoms with E-state index in [4.69, 9.17) is 4.42 Å². The van der Waals surface area contributed by atoms with E-state index < -0.39 is 15.9 Å². The number of nitrogens with zero attached hydrogens (tertiary/aromatic N) is 1. The molecule has 1 aromatic heterocycles. The number of carbonyl (C=O) groups is 2. The Morgan fingerprint density at radius 3 is 1.97 bits per heavy atom. The molecule has 180 valence electrons. The Hall–Kier alpha value is -3.71. The quantitative estimate of drug-likeness (QED) is 0.311. The Labute approximate surface area is 205 Å². The van der Waals surface area contributed by atoms with Gasteiger partial charge >= 0.3 is 0 Å². The minimum absolute atomic E-state index is 0.0822. The fraction of sp³-hybridized carbons (Fsp3) is 0.214. The summed E-state index contributed by atoms with van der Waals surface area (Å²) < 4.78 is 34.8. The lowest BCUT2D eigenvalue weighted by molar-refractivity contribution is 0.1000. The van der Waals surface area contributed by atoms with E-state index in [2.05, 4.69) is 0 Å². The van der Waals surface area contributed by atoms with Gasteiger partial charge in [-0.25, -0.2) is 8.42 Å². The van der Waals surface area contributed by atoms with Gasteiger partial charge in [-0.15, -0.1) is 0 Å². The Balaban J connectivity index is 2.01. The van der Waals surface area contributed by atoms with Crippen molar-refractivity contribution in [3.8, 4) is 0 Å². The van der Waals surface area contributed by atoms with Gasteiger partial charge in [0.25, 0.3) is 15.9 Å². The van der Waals surface area contributed by atoms with E-state index in [1.54, 1.807) is 63.2 Å². The van der Waals surface area contributed by atoms with Gasteiger partial charge in [-0.1, -0.05) is 35.4 Å². The molecule has 1 heterocycles. The average Bonchev–Trinajstić information content (AvgIpc) is 3.08. The van der Waals surface area contributed by atoms with Gasteiger partial charge in [0, 0.05) is 10.9 Å². The van der Waals surface area contributed by atoms with Gasteiger partial charge in [0.2, 0.25) is 0 Å². The maximum atomic E-state index is 14.1. The second kappa shape index (κ2) is 8.82. The molecule has 0 aliphatic rings. The molecule has 0 bridgehead atoms. The van der Waals surface area contributed by atoms with Crippen LogP contribution in [0, 0.1) is 34.6 Å². The van der Waals surface area contributed by atoms with Crippen LogP contribution in [0.3, 0.4) is 0 Å². The minimum Gasteiger partial charge on any atom is -0.461 e. The fourth-order valence-electron chi connectivity index (χ4n) is 4.62. The zero-order valence-corrected chi connectivity index (χ0v) is 21.4. The number of hydrogen-bond donors (Lipinski definition) is 0. The maximum Gasteiger partial charge on any atom is 0.272 e. The standard InChI is InChI=1S/C28H27NO5S/c1-16-7-9-22(10-8-16)28(31)29(35(32,33)27-18(3)13-17(2)14-19(27)4)23-11-12-25-24(15-23)26(20(5)30)21(6)34-25/h7-15H,1-6H3. The first-order chi connectivity index (χ1) is 16.4. The minimum atomic E-state index is -4.32. The van der Waals surface area contributed by atoms with E-state index in [0.29, 0.717) is 33.4 Å². The summed E-state index contributed by atoms with van der Waals surface area (Å²) in [4.78, 5) is 26.2. The summed E-state index contributed by atoms with van der Waals surface area (Å²) in [5.74, 6) is -0.453. The third-order valence-electron chi connectivity index (χ3n) is 6.02. The van der Waals surface area contributed by atoms with Crippen molar-refractivity contribution in [2.45, 2.75) is 46.4 Å².